The maximum Gasteiger partial charge on any atom is 0.119 e. The lowest BCUT2D eigenvalue weighted by Gasteiger charge is -2.12. The fourth-order valence-corrected chi connectivity index (χ4v) is 3.61. The Morgan fingerprint density at radius 3 is 2.68 bits per heavy atom. The lowest BCUT2D eigenvalue weighted by atomic mass is 10.1. The van der Waals surface area contributed by atoms with Crippen LogP contribution in [0.15, 0.2) is 48.7 Å². The van der Waals surface area contributed by atoms with E-state index in [0.29, 0.717) is 0 Å². The molecule has 2 aromatic carbocycles. The molecule has 25 heavy (non-hydrogen) atoms. The van der Waals surface area contributed by atoms with Crippen molar-refractivity contribution in [3.05, 3.63) is 48.7 Å². The molecular formula is C21H23N3O. The second-order valence-electron chi connectivity index (χ2n) is 6.73. The first kappa shape index (κ1) is 15.9. The molecule has 0 saturated heterocycles. The highest BCUT2D eigenvalue weighted by Gasteiger charge is 2.14. The lowest BCUT2D eigenvalue weighted by Crippen LogP contribution is -2.15. The predicted octanol–water partition coefficient (Wildman–Crippen LogP) is 4.30. The van der Waals surface area contributed by atoms with E-state index in [1.165, 1.54) is 27.2 Å². The minimum atomic E-state index is 0.882. The van der Waals surface area contributed by atoms with Gasteiger partial charge in [0.05, 0.1) is 18.1 Å². The summed E-state index contributed by atoms with van der Waals surface area (Å²) in [7, 11) is 5.96. The molecule has 4 rings (SSSR count). The monoisotopic (exact) mass is 333 g/mol. The van der Waals surface area contributed by atoms with Gasteiger partial charge < -0.3 is 14.2 Å². The summed E-state index contributed by atoms with van der Waals surface area (Å²) in [4.78, 5) is 6.91. The molecule has 0 spiro atoms. The second kappa shape index (κ2) is 6.37. The molecule has 128 valence electrons. The number of fused-ring (bicyclic) bond motifs is 5. The summed E-state index contributed by atoms with van der Waals surface area (Å²) in [6, 6.07) is 14.7. The van der Waals surface area contributed by atoms with E-state index in [9.17, 15) is 0 Å². The largest absolute Gasteiger partial charge is 0.497 e. The zero-order valence-electron chi connectivity index (χ0n) is 15.0. The van der Waals surface area contributed by atoms with Crippen LogP contribution in [0, 0.1) is 0 Å². The van der Waals surface area contributed by atoms with E-state index in [0.717, 1.165) is 30.8 Å². The number of pyridine rings is 1. The molecule has 0 N–H and O–H groups in total. The van der Waals surface area contributed by atoms with Crippen LogP contribution in [0.3, 0.4) is 0 Å². The number of aryl methyl sites for hydroxylation is 1. The van der Waals surface area contributed by atoms with Crippen LogP contribution in [0.5, 0.6) is 5.75 Å². The molecular weight excluding hydrogens is 310 g/mol. The highest BCUT2D eigenvalue weighted by atomic mass is 16.5. The minimum absolute atomic E-state index is 0.882. The van der Waals surface area contributed by atoms with Gasteiger partial charge in [-0.25, -0.2) is 0 Å². The number of aromatic nitrogens is 2. The predicted molar refractivity (Wildman–Crippen MR) is 104 cm³/mol. The highest BCUT2D eigenvalue weighted by Crippen LogP contribution is 2.35. The van der Waals surface area contributed by atoms with E-state index in [-0.39, 0.29) is 0 Å². The Labute approximate surface area is 147 Å². The normalized spacial score (nSPS) is 11.8. The summed E-state index contributed by atoms with van der Waals surface area (Å²) in [6.07, 6.45) is 3.11. The maximum absolute atomic E-state index is 5.44. The Balaban J connectivity index is 2.01. The number of methoxy groups -OCH3 is 1. The molecule has 0 aliphatic rings. The van der Waals surface area contributed by atoms with Gasteiger partial charge >= 0.3 is 0 Å². The van der Waals surface area contributed by atoms with Gasteiger partial charge in [0.15, 0.2) is 0 Å². The van der Waals surface area contributed by atoms with E-state index >= 15 is 0 Å². The van der Waals surface area contributed by atoms with E-state index < -0.39 is 0 Å². The zero-order chi connectivity index (χ0) is 17.4. The molecule has 0 atom stereocenters. The first-order valence-electron chi connectivity index (χ1n) is 8.67. The number of ether oxygens (including phenoxy) is 1. The SMILES string of the molecule is COc1ccc2c(c1)c1cnc3ccccc3c1n2CCCN(C)C. The van der Waals surface area contributed by atoms with Gasteiger partial charge in [0.25, 0.3) is 0 Å². The molecule has 0 unspecified atom stereocenters. The molecule has 0 amide bonds. The van der Waals surface area contributed by atoms with Crippen molar-refractivity contribution in [3.63, 3.8) is 0 Å². The lowest BCUT2D eigenvalue weighted by molar-refractivity contribution is 0.389. The number of nitrogens with zero attached hydrogens (tertiary/aromatic N) is 3. The maximum atomic E-state index is 5.44. The van der Waals surface area contributed by atoms with Crippen LogP contribution in [0.2, 0.25) is 0 Å². The van der Waals surface area contributed by atoms with Crippen LogP contribution >= 0.6 is 0 Å². The van der Waals surface area contributed by atoms with Crippen molar-refractivity contribution in [2.24, 2.45) is 0 Å². The van der Waals surface area contributed by atoms with Crippen molar-refractivity contribution in [2.45, 2.75) is 13.0 Å². The third-order valence-electron chi connectivity index (χ3n) is 4.79. The van der Waals surface area contributed by atoms with Gasteiger partial charge in [0, 0.05) is 34.4 Å². The summed E-state index contributed by atoms with van der Waals surface area (Å²) in [5.74, 6) is 0.882. The minimum Gasteiger partial charge on any atom is -0.497 e. The molecule has 0 aliphatic heterocycles. The smallest absolute Gasteiger partial charge is 0.119 e. The Morgan fingerprint density at radius 1 is 1.04 bits per heavy atom. The molecule has 0 fully saturated rings. The molecule has 0 bridgehead atoms. The Hall–Kier alpha value is -2.59. The van der Waals surface area contributed by atoms with Crippen molar-refractivity contribution in [2.75, 3.05) is 27.7 Å². The number of benzene rings is 2. The zero-order valence-corrected chi connectivity index (χ0v) is 15.0. The third-order valence-corrected chi connectivity index (χ3v) is 4.79. The standard InChI is InChI=1S/C21H23N3O/c1-23(2)11-6-12-24-20-10-9-15(25-3)13-17(20)18-14-22-19-8-5-4-7-16(19)21(18)24/h4-5,7-10,13-14H,6,11-12H2,1-3H3. The Morgan fingerprint density at radius 2 is 1.88 bits per heavy atom. The summed E-state index contributed by atoms with van der Waals surface area (Å²) in [5.41, 5.74) is 3.55. The quantitative estimate of drug-likeness (QED) is 0.545. The van der Waals surface area contributed by atoms with Gasteiger partial charge in [-0.1, -0.05) is 18.2 Å². The summed E-state index contributed by atoms with van der Waals surface area (Å²) in [6.45, 7) is 2.05. The van der Waals surface area contributed by atoms with Crippen molar-refractivity contribution in [1.82, 2.24) is 14.5 Å². The van der Waals surface area contributed by atoms with Crippen LogP contribution in [-0.2, 0) is 6.54 Å². The van der Waals surface area contributed by atoms with E-state index in [4.69, 9.17) is 4.74 Å². The van der Waals surface area contributed by atoms with Crippen molar-refractivity contribution in [3.8, 4) is 5.75 Å². The van der Waals surface area contributed by atoms with Crippen molar-refractivity contribution in [1.29, 1.82) is 0 Å². The molecule has 4 aromatic rings. The number of hydrogen-bond acceptors (Lipinski definition) is 3. The topological polar surface area (TPSA) is 30.3 Å². The summed E-state index contributed by atoms with van der Waals surface area (Å²) in [5, 5.41) is 3.61. The number of rotatable bonds is 5. The van der Waals surface area contributed by atoms with Gasteiger partial charge in [-0.2, -0.15) is 0 Å². The summed E-state index contributed by atoms with van der Waals surface area (Å²) < 4.78 is 7.89. The average molecular weight is 333 g/mol. The van der Waals surface area contributed by atoms with Crippen molar-refractivity contribution < 1.29 is 4.74 Å². The summed E-state index contributed by atoms with van der Waals surface area (Å²) >= 11 is 0. The van der Waals surface area contributed by atoms with Gasteiger partial charge in [-0.05, 0) is 51.3 Å². The third kappa shape index (κ3) is 2.72. The Bertz CT molecular complexity index is 1050. The number of para-hydroxylation sites is 1. The van der Waals surface area contributed by atoms with Crippen LogP contribution in [0.4, 0.5) is 0 Å². The van der Waals surface area contributed by atoms with Crippen LogP contribution in [-0.4, -0.2) is 42.2 Å². The highest BCUT2D eigenvalue weighted by molar-refractivity contribution is 6.16. The first-order chi connectivity index (χ1) is 12.2. The van der Waals surface area contributed by atoms with E-state index in [2.05, 4.69) is 58.9 Å². The first-order valence-corrected chi connectivity index (χ1v) is 8.67. The van der Waals surface area contributed by atoms with Gasteiger partial charge in [-0.15, -0.1) is 0 Å². The molecule has 4 nitrogen and oxygen atoms in total. The molecule has 0 aliphatic carbocycles. The molecule has 2 heterocycles. The molecule has 4 heteroatoms. The van der Waals surface area contributed by atoms with Crippen molar-refractivity contribution >= 4 is 32.7 Å². The fraction of sp³-hybridized carbons (Fsp3) is 0.286. The van der Waals surface area contributed by atoms with Crippen LogP contribution in [0.1, 0.15) is 6.42 Å². The van der Waals surface area contributed by atoms with Gasteiger partial charge in [-0.3, -0.25) is 4.98 Å². The van der Waals surface area contributed by atoms with E-state index in [1.54, 1.807) is 7.11 Å². The van der Waals surface area contributed by atoms with Gasteiger partial charge in [0.1, 0.15) is 5.75 Å². The Kier molecular flexibility index (Phi) is 4.06. The molecule has 2 aromatic heterocycles. The second-order valence-corrected chi connectivity index (χ2v) is 6.73. The molecule has 0 radical (unpaired) electrons. The van der Waals surface area contributed by atoms with Gasteiger partial charge in [0.2, 0.25) is 0 Å². The van der Waals surface area contributed by atoms with Crippen LogP contribution < -0.4 is 4.74 Å². The van der Waals surface area contributed by atoms with E-state index in [1.807, 2.05) is 18.3 Å². The van der Waals surface area contributed by atoms with Crippen LogP contribution in [0.25, 0.3) is 32.7 Å². The number of hydrogen-bond donors (Lipinski definition) is 0. The fourth-order valence-electron chi connectivity index (χ4n) is 3.61. The average Bonchev–Trinajstić information content (AvgIpc) is 2.95. The molecule has 0 saturated carbocycles.